The van der Waals surface area contributed by atoms with E-state index in [0.29, 0.717) is 5.88 Å². The third-order valence-electron chi connectivity index (χ3n) is 3.73. The fourth-order valence-corrected chi connectivity index (χ4v) is 2.53. The molecule has 6 nitrogen and oxygen atoms in total. The van der Waals surface area contributed by atoms with Crippen molar-refractivity contribution in [3.63, 3.8) is 0 Å². The SMILES string of the molecule is CC(C)Oc1cc(-n2cccn2)cc(N2CCN(C)CC2)n1. The molecular weight excluding hydrogens is 278 g/mol. The van der Waals surface area contributed by atoms with Gasteiger partial charge in [-0.25, -0.2) is 4.68 Å². The maximum Gasteiger partial charge on any atom is 0.217 e. The van der Waals surface area contributed by atoms with Crippen LogP contribution in [0.2, 0.25) is 0 Å². The van der Waals surface area contributed by atoms with E-state index < -0.39 is 0 Å². The first kappa shape index (κ1) is 14.8. The Hall–Kier alpha value is -2.08. The fraction of sp³-hybridized carbons (Fsp3) is 0.500. The Labute approximate surface area is 131 Å². The molecule has 3 heterocycles. The molecule has 0 bridgehead atoms. The van der Waals surface area contributed by atoms with Crippen LogP contribution >= 0.6 is 0 Å². The molecule has 3 rings (SSSR count). The second kappa shape index (κ2) is 6.36. The van der Waals surface area contributed by atoms with E-state index in [0.717, 1.165) is 37.7 Å². The second-order valence-electron chi connectivity index (χ2n) is 5.93. The minimum Gasteiger partial charge on any atom is -0.475 e. The molecule has 0 saturated carbocycles. The summed E-state index contributed by atoms with van der Waals surface area (Å²) in [5.41, 5.74) is 0.976. The lowest BCUT2D eigenvalue weighted by molar-refractivity contribution is 0.232. The van der Waals surface area contributed by atoms with E-state index in [1.807, 2.05) is 36.9 Å². The smallest absolute Gasteiger partial charge is 0.217 e. The number of piperazine rings is 1. The summed E-state index contributed by atoms with van der Waals surface area (Å²) in [5, 5.41) is 4.31. The van der Waals surface area contributed by atoms with Crippen LogP contribution in [0.25, 0.3) is 5.69 Å². The third kappa shape index (κ3) is 3.39. The number of anilines is 1. The average molecular weight is 301 g/mol. The molecule has 1 fully saturated rings. The van der Waals surface area contributed by atoms with E-state index in [1.165, 1.54) is 0 Å². The zero-order chi connectivity index (χ0) is 15.5. The van der Waals surface area contributed by atoms with Crippen molar-refractivity contribution >= 4 is 5.82 Å². The monoisotopic (exact) mass is 301 g/mol. The minimum atomic E-state index is 0.0979. The first-order valence-corrected chi connectivity index (χ1v) is 7.74. The number of ether oxygens (including phenoxy) is 1. The molecule has 0 N–H and O–H groups in total. The van der Waals surface area contributed by atoms with Crippen molar-refractivity contribution in [2.45, 2.75) is 20.0 Å². The Bertz CT molecular complexity index is 603. The van der Waals surface area contributed by atoms with Crippen LogP contribution in [0.15, 0.2) is 30.6 Å². The topological polar surface area (TPSA) is 46.4 Å². The second-order valence-corrected chi connectivity index (χ2v) is 5.93. The summed E-state index contributed by atoms with van der Waals surface area (Å²) < 4.78 is 7.66. The molecule has 0 unspecified atom stereocenters. The van der Waals surface area contributed by atoms with Crippen LogP contribution in [0, 0.1) is 0 Å². The first-order chi connectivity index (χ1) is 10.6. The number of nitrogens with zero attached hydrogens (tertiary/aromatic N) is 5. The number of rotatable bonds is 4. The van der Waals surface area contributed by atoms with Crippen LogP contribution in [0.1, 0.15) is 13.8 Å². The molecule has 0 aromatic carbocycles. The van der Waals surface area contributed by atoms with Crippen LogP contribution in [-0.4, -0.2) is 59.0 Å². The summed E-state index contributed by atoms with van der Waals surface area (Å²) in [7, 11) is 2.15. The lowest BCUT2D eigenvalue weighted by Gasteiger charge is -2.33. The molecule has 2 aromatic heterocycles. The average Bonchev–Trinajstić information content (AvgIpc) is 3.01. The van der Waals surface area contributed by atoms with Crippen LogP contribution < -0.4 is 9.64 Å². The molecule has 2 aromatic rings. The maximum absolute atomic E-state index is 5.82. The van der Waals surface area contributed by atoms with Crippen molar-refractivity contribution in [3.05, 3.63) is 30.6 Å². The molecule has 0 atom stereocenters. The lowest BCUT2D eigenvalue weighted by atomic mass is 10.3. The van der Waals surface area contributed by atoms with Gasteiger partial charge in [0.2, 0.25) is 5.88 Å². The lowest BCUT2D eigenvalue weighted by Crippen LogP contribution is -2.44. The Morgan fingerprint density at radius 2 is 1.91 bits per heavy atom. The van der Waals surface area contributed by atoms with Crippen molar-refractivity contribution in [2.75, 3.05) is 38.1 Å². The Morgan fingerprint density at radius 3 is 2.55 bits per heavy atom. The third-order valence-corrected chi connectivity index (χ3v) is 3.73. The molecule has 6 heteroatoms. The van der Waals surface area contributed by atoms with Crippen molar-refractivity contribution < 1.29 is 4.74 Å². The summed E-state index contributed by atoms with van der Waals surface area (Å²) in [6, 6.07) is 5.93. The zero-order valence-corrected chi connectivity index (χ0v) is 13.4. The highest BCUT2D eigenvalue weighted by Gasteiger charge is 2.17. The number of pyridine rings is 1. The highest BCUT2D eigenvalue weighted by atomic mass is 16.5. The molecule has 0 amide bonds. The van der Waals surface area contributed by atoms with Gasteiger partial charge in [-0.05, 0) is 27.0 Å². The van der Waals surface area contributed by atoms with Gasteiger partial charge >= 0.3 is 0 Å². The number of aromatic nitrogens is 3. The first-order valence-electron chi connectivity index (χ1n) is 7.74. The number of hydrogen-bond donors (Lipinski definition) is 0. The van der Waals surface area contributed by atoms with Gasteiger partial charge in [-0.1, -0.05) is 0 Å². The summed E-state index contributed by atoms with van der Waals surface area (Å²) in [6.07, 6.45) is 3.81. The summed E-state index contributed by atoms with van der Waals surface area (Å²) in [5.74, 6) is 1.61. The highest BCUT2D eigenvalue weighted by molar-refractivity contribution is 5.50. The normalized spacial score (nSPS) is 16.3. The molecule has 0 aliphatic carbocycles. The van der Waals surface area contributed by atoms with E-state index in [-0.39, 0.29) is 6.10 Å². The molecule has 118 valence electrons. The Kier molecular flexibility index (Phi) is 4.29. The van der Waals surface area contributed by atoms with Crippen molar-refractivity contribution in [1.82, 2.24) is 19.7 Å². The quantitative estimate of drug-likeness (QED) is 0.862. The van der Waals surface area contributed by atoms with E-state index in [2.05, 4.69) is 33.0 Å². The predicted molar refractivity (Wildman–Crippen MR) is 86.8 cm³/mol. The zero-order valence-electron chi connectivity index (χ0n) is 13.4. The maximum atomic E-state index is 5.82. The van der Waals surface area contributed by atoms with Gasteiger partial charge in [0.1, 0.15) is 5.82 Å². The van der Waals surface area contributed by atoms with Gasteiger partial charge in [-0.15, -0.1) is 0 Å². The molecule has 1 aliphatic rings. The minimum absolute atomic E-state index is 0.0979. The van der Waals surface area contributed by atoms with Gasteiger partial charge in [0.25, 0.3) is 0 Å². The van der Waals surface area contributed by atoms with E-state index in [4.69, 9.17) is 4.74 Å². The van der Waals surface area contributed by atoms with Crippen LogP contribution in [0.3, 0.4) is 0 Å². The molecule has 0 spiro atoms. The summed E-state index contributed by atoms with van der Waals surface area (Å²) in [4.78, 5) is 9.31. The van der Waals surface area contributed by atoms with Gasteiger partial charge in [-0.2, -0.15) is 10.1 Å². The molecule has 22 heavy (non-hydrogen) atoms. The fourth-order valence-electron chi connectivity index (χ4n) is 2.53. The molecule has 1 saturated heterocycles. The molecule has 1 aliphatic heterocycles. The number of likely N-dealkylation sites (N-methyl/N-ethyl adjacent to an activating group) is 1. The summed E-state index contributed by atoms with van der Waals surface area (Å²) >= 11 is 0. The van der Waals surface area contributed by atoms with Crippen molar-refractivity contribution in [3.8, 4) is 11.6 Å². The predicted octanol–water partition coefficient (Wildman–Crippen LogP) is 1.81. The van der Waals surface area contributed by atoms with Gasteiger partial charge in [-0.3, -0.25) is 0 Å². The van der Waals surface area contributed by atoms with E-state index >= 15 is 0 Å². The largest absolute Gasteiger partial charge is 0.475 e. The standard InChI is InChI=1S/C16H23N5O/c1-13(2)22-16-12-14(21-6-4-5-17-21)11-15(18-16)20-9-7-19(3)8-10-20/h4-6,11-13H,7-10H2,1-3H3. The van der Waals surface area contributed by atoms with Crippen molar-refractivity contribution in [1.29, 1.82) is 0 Å². The van der Waals surface area contributed by atoms with Gasteiger partial charge in [0.05, 0.1) is 11.8 Å². The number of hydrogen-bond acceptors (Lipinski definition) is 5. The summed E-state index contributed by atoms with van der Waals surface area (Å²) in [6.45, 7) is 8.08. The van der Waals surface area contributed by atoms with Crippen LogP contribution in [-0.2, 0) is 0 Å². The van der Waals surface area contributed by atoms with E-state index in [9.17, 15) is 0 Å². The van der Waals surface area contributed by atoms with Crippen LogP contribution in [0.5, 0.6) is 5.88 Å². The van der Waals surface area contributed by atoms with Crippen LogP contribution in [0.4, 0.5) is 5.82 Å². The van der Waals surface area contributed by atoms with Gasteiger partial charge in [0.15, 0.2) is 0 Å². The molecular formula is C16H23N5O. The Morgan fingerprint density at radius 1 is 1.14 bits per heavy atom. The van der Waals surface area contributed by atoms with Crippen molar-refractivity contribution in [2.24, 2.45) is 0 Å². The van der Waals surface area contributed by atoms with Gasteiger partial charge < -0.3 is 14.5 Å². The molecule has 0 radical (unpaired) electrons. The Balaban J connectivity index is 1.92. The van der Waals surface area contributed by atoms with E-state index in [1.54, 1.807) is 6.20 Å². The highest BCUT2D eigenvalue weighted by Crippen LogP contribution is 2.23. The van der Waals surface area contributed by atoms with Gasteiger partial charge in [0, 0.05) is 50.7 Å².